The van der Waals surface area contributed by atoms with Crippen molar-refractivity contribution in [2.75, 3.05) is 0 Å². The number of nitrogens with zero attached hydrogens (tertiary/aromatic N) is 1. The van der Waals surface area contributed by atoms with Gasteiger partial charge >= 0.3 is 0 Å². The minimum Gasteiger partial charge on any atom is -0.411 e. The van der Waals surface area contributed by atoms with Gasteiger partial charge in [-0.2, -0.15) is 0 Å². The summed E-state index contributed by atoms with van der Waals surface area (Å²) in [5.41, 5.74) is 0. The van der Waals surface area contributed by atoms with E-state index < -0.39 is 0 Å². The maximum Gasteiger partial charge on any atom is 0.0436 e. The van der Waals surface area contributed by atoms with E-state index in [-0.39, 0.29) is 0 Å². The van der Waals surface area contributed by atoms with Gasteiger partial charge in [0.25, 0.3) is 0 Å². The van der Waals surface area contributed by atoms with Crippen LogP contribution in [0.4, 0.5) is 0 Å². The third-order valence-electron chi connectivity index (χ3n) is 2.10. The van der Waals surface area contributed by atoms with E-state index in [4.69, 9.17) is 5.21 Å². The molecule has 0 aliphatic rings. The van der Waals surface area contributed by atoms with Crippen LogP contribution in [0, 0.1) is 11.8 Å². The van der Waals surface area contributed by atoms with Gasteiger partial charge in [-0.25, -0.2) is 0 Å². The Balaban J connectivity index is 3.50. The van der Waals surface area contributed by atoms with E-state index in [0.717, 1.165) is 12.8 Å². The van der Waals surface area contributed by atoms with Crippen molar-refractivity contribution in [3.8, 4) is 0 Å². The average Bonchev–Trinajstić information content (AvgIpc) is 2.03. The Morgan fingerprint density at radius 2 is 2.18 bits per heavy atom. The second-order valence-corrected chi connectivity index (χ2v) is 2.95. The largest absolute Gasteiger partial charge is 0.411 e. The fraction of sp³-hybridized carbons (Fsp3) is 0.667. The van der Waals surface area contributed by atoms with Gasteiger partial charge in [0.05, 0.1) is 0 Å². The Morgan fingerprint density at radius 3 is 2.64 bits per heavy atom. The van der Waals surface area contributed by atoms with Gasteiger partial charge < -0.3 is 5.21 Å². The van der Waals surface area contributed by atoms with E-state index in [2.05, 4.69) is 25.6 Å². The smallest absolute Gasteiger partial charge is 0.0436 e. The van der Waals surface area contributed by atoms with Crippen LogP contribution in [0.1, 0.15) is 26.7 Å². The van der Waals surface area contributed by atoms with Crippen LogP contribution in [0.5, 0.6) is 0 Å². The molecule has 0 amide bonds. The molecular formula is C9H17NO. The van der Waals surface area contributed by atoms with E-state index in [1.54, 1.807) is 0 Å². The lowest BCUT2D eigenvalue weighted by Crippen LogP contribution is -2.04. The highest BCUT2D eigenvalue weighted by molar-refractivity contribution is 5.55. The fourth-order valence-corrected chi connectivity index (χ4v) is 0.890. The molecule has 0 saturated carbocycles. The second-order valence-electron chi connectivity index (χ2n) is 2.95. The summed E-state index contributed by atoms with van der Waals surface area (Å²) in [6, 6.07) is 0. The summed E-state index contributed by atoms with van der Waals surface area (Å²) >= 11 is 0. The molecule has 0 saturated heterocycles. The van der Waals surface area contributed by atoms with Crippen LogP contribution >= 0.6 is 0 Å². The van der Waals surface area contributed by atoms with Crippen molar-refractivity contribution in [1.82, 2.24) is 0 Å². The summed E-state index contributed by atoms with van der Waals surface area (Å²) in [5, 5.41) is 11.1. The summed E-state index contributed by atoms with van der Waals surface area (Å²) < 4.78 is 0. The van der Waals surface area contributed by atoms with Gasteiger partial charge in [-0.1, -0.05) is 19.9 Å². The topological polar surface area (TPSA) is 32.6 Å². The van der Waals surface area contributed by atoms with Crippen LogP contribution in [0.2, 0.25) is 0 Å². The van der Waals surface area contributed by atoms with Crippen LogP contribution in [0.25, 0.3) is 0 Å². The molecule has 0 aliphatic carbocycles. The van der Waals surface area contributed by atoms with E-state index in [1.807, 2.05) is 6.08 Å². The first-order chi connectivity index (χ1) is 5.22. The Labute approximate surface area is 68.6 Å². The third kappa shape index (κ3) is 4.59. The molecule has 2 heteroatoms. The summed E-state index contributed by atoms with van der Waals surface area (Å²) in [6.07, 6.45) is 5.39. The molecule has 0 heterocycles. The van der Waals surface area contributed by atoms with E-state index >= 15 is 0 Å². The molecular weight excluding hydrogens is 138 g/mol. The fourth-order valence-electron chi connectivity index (χ4n) is 0.890. The van der Waals surface area contributed by atoms with Gasteiger partial charge in [-0.15, -0.1) is 11.7 Å². The SMILES string of the molecule is C=CC(C)C(C)CCC=NO. The normalized spacial score (nSPS) is 16.5. The molecule has 0 aromatic carbocycles. The molecule has 64 valence electrons. The zero-order chi connectivity index (χ0) is 8.69. The first kappa shape index (κ1) is 10.2. The van der Waals surface area contributed by atoms with Gasteiger partial charge in [0.1, 0.15) is 0 Å². The highest BCUT2D eigenvalue weighted by atomic mass is 16.4. The summed E-state index contributed by atoms with van der Waals surface area (Å²) in [7, 11) is 0. The predicted octanol–water partition coefficient (Wildman–Crippen LogP) is 2.68. The summed E-state index contributed by atoms with van der Waals surface area (Å²) in [4.78, 5) is 0. The number of rotatable bonds is 5. The first-order valence-electron chi connectivity index (χ1n) is 4.00. The predicted molar refractivity (Wildman–Crippen MR) is 48.0 cm³/mol. The van der Waals surface area contributed by atoms with Crippen molar-refractivity contribution in [1.29, 1.82) is 0 Å². The molecule has 2 nitrogen and oxygen atoms in total. The molecule has 2 atom stereocenters. The van der Waals surface area contributed by atoms with Crippen molar-refractivity contribution < 1.29 is 5.21 Å². The Bertz CT molecular complexity index is 132. The van der Waals surface area contributed by atoms with Crippen molar-refractivity contribution in [3.63, 3.8) is 0 Å². The standard InChI is InChI=1S/C9H17NO/c1-4-8(2)9(3)6-5-7-10-11/h4,7-9,11H,1,5-6H2,2-3H3. The summed E-state index contributed by atoms with van der Waals surface area (Å²) in [6.45, 7) is 8.05. The molecule has 2 unspecified atom stereocenters. The van der Waals surface area contributed by atoms with Crippen LogP contribution in [0.15, 0.2) is 17.8 Å². The number of allylic oxidation sites excluding steroid dienone is 1. The quantitative estimate of drug-likeness (QED) is 0.281. The Morgan fingerprint density at radius 1 is 1.55 bits per heavy atom. The Kier molecular flexibility index (Phi) is 5.53. The van der Waals surface area contributed by atoms with Gasteiger partial charge in [0, 0.05) is 6.21 Å². The highest BCUT2D eigenvalue weighted by Gasteiger charge is 2.06. The monoisotopic (exact) mass is 155 g/mol. The highest BCUT2D eigenvalue weighted by Crippen LogP contribution is 2.16. The maximum absolute atomic E-state index is 8.12. The molecule has 0 spiro atoms. The van der Waals surface area contributed by atoms with Crippen LogP contribution in [-0.2, 0) is 0 Å². The molecule has 0 bridgehead atoms. The molecule has 0 aromatic heterocycles. The van der Waals surface area contributed by atoms with E-state index in [0.29, 0.717) is 11.8 Å². The molecule has 0 aromatic rings. The zero-order valence-corrected chi connectivity index (χ0v) is 7.33. The maximum atomic E-state index is 8.12. The molecule has 0 radical (unpaired) electrons. The van der Waals surface area contributed by atoms with Crippen LogP contribution < -0.4 is 0 Å². The lowest BCUT2D eigenvalue weighted by molar-refractivity contribution is 0.319. The zero-order valence-electron chi connectivity index (χ0n) is 7.33. The number of hydrogen-bond acceptors (Lipinski definition) is 2. The Hall–Kier alpha value is -0.790. The van der Waals surface area contributed by atoms with Crippen molar-refractivity contribution in [3.05, 3.63) is 12.7 Å². The number of oxime groups is 1. The lowest BCUT2D eigenvalue weighted by atomic mass is 9.92. The lowest BCUT2D eigenvalue weighted by Gasteiger charge is -2.13. The molecule has 1 N–H and O–H groups in total. The van der Waals surface area contributed by atoms with Gasteiger partial charge in [0.2, 0.25) is 0 Å². The minimum absolute atomic E-state index is 0.544. The third-order valence-corrected chi connectivity index (χ3v) is 2.10. The first-order valence-corrected chi connectivity index (χ1v) is 4.00. The minimum atomic E-state index is 0.544. The van der Waals surface area contributed by atoms with Gasteiger partial charge in [0.15, 0.2) is 0 Å². The molecule has 0 fully saturated rings. The molecule has 0 aliphatic heterocycles. The van der Waals surface area contributed by atoms with E-state index in [1.165, 1.54) is 6.21 Å². The average molecular weight is 155 g/mol. The van der Waals surface area contributed by atoms with Crippen molar-refractivity contribution >= 4 is 6.21 Å². The molecule has 0 rings (SSSR count). The van der Waals surface area contributed by atoms with Gasteiger partial charge in [-0.05, 0) is 24.7 Å². The van der Waals surface area contributed by atoms with Gasteiger partial charge in [-0.3, -0.25) is 0 Å². The molecule has 11 heavy (non-hydrogen) atoms. The summed E-state index contributed by atoms with van der Waals surface area (Å²) in [5.74, 6) is 1.16. The van der Waals surface area contributed by atoms with Crippen molar-refractivity contribution in [2.45, 2.75) is 26.7 Å². The van der Waals surface area contributed by atoms with Crippen LogP contribution in [-0.4, -0.2) is 11.4 Å². The number of hydrogen-bond donors (Lipinski definition) is 1. The van der Waals surface area contributed by atoms with E-state index in [9.17, 15) is 0 Å². The second kappa shape index (κ2) is 5.96. The van der Waals surface area contributed by atoms with Crippen molar-refractivity contribution in [2.24, 2.45) is 17.0 Å². The van der Waals surface area contributed by atoms with Crippen LogP contribution in [0.3, 0.4) is 0 Å².